The fraction of sp³-hybridized carbons (Fsp3) is 0.533. The van der Waals surface area contributed by atoms with Crippen molar-refractivity contribution in [2.45, 2.75) is 19.9 Å². The summed E-state index contributed by atoms with van der Waals surface area (Å²) in [5.41, 5.74) is 0.995. The minimum absolute atomic E-state index is 0. The van der Waals surface area contributed by atoms with Crippen LogP contribution in [0, 0.1) is 0 Å². The van der Waals surface area contributed by atoms with Crippen LogP contribution in [0.15, 0.2) is 23.2 Å². The van der Waals surface area contributed by atoms with Crippen molar-refractivity contribution in [3.63, 3.8) is 0 Å². The number of hydrogen-bond acceptors (Lipinski definition) is 2. The topological polar surface area (TPSA) is 39.7 Å². The molecule has 7 heteroatoms. The summed E-state index contributed by atoms with van der Waals surface area (Å²) >= 11 is 12.1. The summed E-state index contributed by atoms with van der Waals surface area (Å²) in [4.78, 5) is 6.47. The van der Waals surface area contributed by atoms with E-state index in [-0.39, 0.29) is 30.0 Å². The molecule has 0 aliphatic heterocycles. The van der Waals surface area contributed by atoms with Crippen molar-refractivity contribution < 1.29 is 0 Å². The van der Waals surface area contributed by atoms with Crippen molar-refractivity contribution >= 4 is 53.1 Å². The maximum absolute atomic E-state index is 6.22. The second-order valence-corrected chi connectivity index (χ2v) is 5.77. The molecule has 0 amide bonds. The van der Waals surface area contributed by atoms with E-state index in [4.69, 9.17) is 23.2 Å². The lowest BCUT2D eigenvalue weighted by Gasteiger charge is -2.20. The van der Waals surface area contributed by atoms with Crippen molar-refractivity contribution in [1.29, 1.82) is 0 Å². The fourth-order valence-electron chi connectivity index (χ4n) is 1.85. The fourth-order valence-corrected chi connectivity index (χ4v) is 2.43. The quantitative estimate of drug-likeness (QED) is 0.387. The molecule has 0 bridgehead atoms. The number of guanidine groups is 1. The lowest BCUT2D eigenvalue weighted by molar-refractivity contribution is 0.357. The van der Waals surface area contributed by atoms with Crippen molar-refractivity contribution in [2.24, 2.45) is 4.99 Å². The van der Waals surface area contributed by atoms with Crippen LogP contribution in [0.1, 0.15) is 25.5 Å². The first kappa shape index (κ1) is 21.8. The lowest BCUT2D eigenvalue weighted by atomic mass is 10.1. The van der Waals surface area contributed by atoms with E-state index >= 15 is 0 Å². The van der Waals surface area contributed by atoms with Gasteiger partial charge in [-0.05, 0) is 38.2 Å². The Labute approximate surface area is 160 Å². The maximum atomic E-state index is 6.22. The highest BCUT2D eigenvalue weighted by Crippen LogP contribution is 2.25. The van der Waals surface area contributed by atoms with E-state index in [0.717, 1.165) is 31.2 Å². The lowest BCUT2D eigenvalue weighted by Crippen LogP contribution is -2.41. The van der Waals surface area contributed by atoms with Gasteiger partial charge in [0.2, 0.25) is 0 Å². The highest BCUT2D eigenvalue weighted by molar-refractivity contribution is 14.0. The minimum atomic E-state index is 0. The average Bonchev–Trinajstić information content (AvgIpc) is 2.45. The van der Waals surface area contributed by atoms with Crippen LogP contribution in [0.25, 0.3) is 0 Å². The van der Waals surface area contributed by atoms with Gasteiger partial charge >= 0.3 is 0 Å². The van der Waals surface area contributed by atoms with E-state index in [1.807, 2.05) is 19.1 Å². The standard InChI is InChI=1S/C15H24Cl2N4.HI/c1-5-21(4)9-8-19-15(18-3)20-11(2)13-7-6-12(16)10-14(13)17;/h6-7,10-11H,5,8-9H2,1-4H3,(H2,18,19,20);1H. The smallest absolute Gasteiger partial charge is 0.191 e. The first-order valence-corrected chi connectivity index (χ1v) is 7.84. The number of benzene rings is 1. The van der Waals surface area contributed by atoms with Gasteiger partial charge in [0.15, 0.2) is 5.96 Å². The number of nitrogens with zero attached hydrogens (tertiary/aromatic N) is 2. The van der Waals surface area contributed by atoms with Crippen molar-refractivity contribution in [1.82, 2.24) is 15.5 Å². The molecule has 0 radical (unpaired) electrons. The van der Waals surface area contributed by atoms with Gasteiger partial charge in [-0.2, -0.15) is 0 Å². The van der Waals surface area contributed by atoms with E-state index in [9.17, 15) is 0 Å². The number of rotatable bonds is 6. The molecular weight excluding hydrogens is 434 g/mol. The van der Waals surface area contributed by atoms with Crippen LogP contribution in [-0.4, -0.2) is 44.6 Å². The third kappa shape index (κ3) is 7.35. The van der Waals surface area contributed by atoms with Crippen LogP contribution in [-0.2, 0) is 0 Å². The van der Waals surface area contributed by atoms with Gasteiger partial charge in [0.25, 0.3) is 0 Å². The van der Waals surface area contributed by atoms with Gasteiger partial charge in [-0.15, -0.1) is 24.0 Å². The molecule has 1 aromatic carbocycles. The Morgan fingerprint density at radius 2 is 2.05 bits per heavy atom. The van der Waals surface area contributed by atoms with Crippen molar-refractivity contribution in [3.05, 3.63) is 33.8 Å². The molecule has 1 atom stereocenters. The van der Waals surface area contributed by atoms with Crippen LogP contribution in [0.4, 0.5) is 0 Å². The zero-order chi connectivity index (χ0) is 15.8. The molecule has 0 spiro atoms. The molecule has 4 nitrogen and oxygen atoms in total. The zero-order valence-electron chi connectivity index (χ0n) is 13.5. The van der Waals surface area contributed by atoms with Gasteiger partial charge in [0.1, 0.15) is 0 Å². The zero-order valence-corrected chi connectivity index (χ0v) is 17.3. The van der Waals surface area contributed by atoms with E-state index in [0.29, 0.717) is 10.0 Å². The summed E-state index contributed by atoms with van der Waals surface area (Å²) in [6, 6.07) is 5.57. The van der Waals surface area contributed by atoms with Gasteiger partial charge in [0, 0.05) is 30.2 Å². The molecule has 1 aromatic rings. The Balaban J connectivity index is 0.00000441. The Morgan fingerprint density at radius 3 is 2.59 bits per heavy atom. The summed E-state index contributed by atoms with van der Waals surface area (Å²) in [6.45, 7) is 7.01. The molecule has 0 aromatic heterocycles. The average molecular weight is 459 g/mol. The molecule has 0 aliphatic rings. The molecule has 0 heterocycles. The largest absolute Gasteiger partial charge is 0.355 e. The third-order valence-electron chi connectivity index (χ3n) is 3.33. The van der Waals surface area contributed by atoms with Gasteiger partial charge < -0.3 is 15.5 Å². The molecule has 1 unspecified atom stereocenters. The first-order chi connectivity index (χ1) is 9.97. The molecule has 126 valence electrons. The Kier molecular flexibility index (Phi) is 11.2. The van der Waals surface area contributed by atoms with Crippen LogP contribution in [0.2, 0.25) is 10.0 Å². The Morgan fingerprint density at radius 1 is 1.36 bits per heavy atom. The highest BCUT2D eigenvalue weighted by Gasteiger charge is 2.11. The van der Waals surface area contributed by atoms with Crippen LogP contribution < -0.4 is 10.6 Å². The number of halogens is 3. The monoisotopic (exact) mass is 458 g/mol. The highest BCUT2D eigenvalue weighted by atomic mass is 127. The van der Waals surface area contributed by atoms with E-state index in [1.54, 1.807) is 13.1 Å². The molecular formula is C15H25Cl2IN4. The van der Waals surface area contributed by atoms with E-state index in [1.165, 1.54) is 0 Å². The Hall–Kier alpha value is -0.240. The van der Waals surface area contributed by atoms with Gasteiger partial charge in [-0.1, -0.05) is 36.2 Å². The number of hydrogen-bond donors (Lipinski definition) is 2. The summed E-state index contributed by atoms with van der Waals surface area (Å²) in [5.74, 6) is 0.762. The molecule has 22 heavy (non-hydrogen) atoms. The van der Waals surface area contributed by atoms with Gasteiger partial charge in [-0.3, -0.25) is 4.99 Å². The molecule has 0 fully saturated rings. The molecule has 0 aliphatic carbocycles. The number of nitrogens with one attached hydrogen (secondary N) is 2. The maximum Gasteiger partial charge on any atom is 0.191 e. The second-order valence-electron chi connectivity index (χ2n) is 4.93. The summed E-state index contributed by atoms with van der Waals surface area (Å²) in [6.07, 6.45) is 0. The van der Waals surface area contributed by atoms with Crippen molar-refractivity contribution in [3.8, 4) is 0 Å². The summed E-state index contributed by atoms with van der Waals surface area (Å²) in [7, 11) is 3.85. The number of aliphatic imine (C=N–C) groups is 1. The molecule has 0 saturated carbocycles. The molecule has 2 N–H and O–H groups in total. The SMILES string of the molecule is CCN(C)CCNC(=NC)NC(C)c1ccc(Cl)cc1Cl.I. The summed E-state index contributed by atoms with van der Waals surface area (Å²) < 4.78 is 0. The third-order valence-corrected chi connectivity index (χ3v) is 3.89. The normalized spacial score (nSPS) is 12.8. The van der Waals surface area contributed by atoms with Crippen LogP contribution in [0.5, 0.6) is 0 Å². The molecule has 1 rings (SSSR count). The Bertz CT molecular complexity index is 483. The van der Waals surface area contributed by atoms with Crippen LogP contribution >= 0.6 is 47.2 Å². The van der Waals surface area contributed by atoms with Crippen molar-refractivity contribution in [2.75, 3.05) is 33.7 Å². The number of likely N-dealkylation sites (N-methyl/N-ethyl adjacent to an activating group) is 1. The predicted octanol–water partition coefficient (Wildman–Crippen LogP) is 3.79. The molecule has 0 saturated heterocycles. The van der Waals surface area contributed by atoms with Crippen LogP contribution in [0.3, 0.4) is 0 Å². The van der Waals surface area contributed by atoms with Gasteiger partial charge in [0.05, 0.1) is 6.04 Å². The summed E-state index contributed by atoms with van der Waals surface area (Å²) in [5, 5.41) is 7.92. The van der Waals surface area contributed by atoms with E-state index < -0.39 is 0 Å². The van der Waals surface area contributed by atoms with E-state index in [2.05, 4.69) is 34.5 Å². The second kappa shape index (κ2) is 11.3. The first-order valence-electron chi connectivity index (χ1n) is 7.08. The minimum Gasteiger partial charge on any atom is -0.355 e. The van der Waals surface area contributed by atoms with Gasteiger partial charge in [-0.25, -0.2) is 0 Å². The predicted molar refractivity (Wildman–Crippen MR) is 108 cm³/mol.